The maximum Gasteiger partial charge on any atom is 0.240 e. The maximum atomic E-state index is 13.4. The van der Waals surface area contributed by atoms with Crippen LogP contribution < -0.4 is 10.0 Å². The molecule has 2 aromatic heterocycles. The first-order valence-corrected chi connectivity index (χ1v) is 13.7. The van der Waals surface area contributed by atoms with Crippen molar-refractivity contribution in [3.8, 4) is 28.3 Å². The van der Waals surface area contributed by atoms with E-state index in [1.807, 2.05) is 31.6 Å². The van der Waals surface area contributed by atoms with E-state index >= 15 is 0 Å². The Kier molecular flexibility index (Phi) is 8.00. The highest BCUT2D eigenvalue weighted by Crippen LogP contribution is 2.35. The minimum atomic E-state index is -3.80. The highest BCUT2D eigenvalue weighted by molar-refractivity contribution is 7.89. The number of sulfonamides is 1. The normalized spacial score (nSPS) is 12.0. The van der Waals surface area contributed by atoms with E-state index in [2.05, 4.69) is 20.0 Å². The highest BCUT2D eigenvalue weighted by atomic mass is 35.5. The van der Waals surface area contributed by atoms with Gasteiger partial charge in [0.15, 0.2) is 0 Å². The number of hydrogen-bond donors (Lipinski definition) is 3. The van der Waals surface area contributed by atoms with Crippen LogP contribution in [0.5, 0.6) is 5.75 Å². The van der Waals surface area contributed by atoms with E-state index in [0.717, 1.165) is 11.6 Å². The number of halogens is 2. The average Bonchev–Trinajstić information content (AvgIpc) is 3.32. The zero-order valence-electron chi connectivity index (χ0n) is 21.1. The molecule has 2 heterocycles. The monoisotopic (exact) mass is 558 g/mol. The Balaban J connectivity index is 1.47. The Labute approximate surface area is 225 Å². The van der Waals surface area contributed by atoms with Gasteiger partial charge in [-0.05, 0) is 63.6 Å². The van der Waals surface area contributed by atoms with Crippen molar-refractivity contribution >= 4 is 27.6 Å². The molecule has 0 atom stereocenters. The van der Waals surface area contributed by atoms with Crippen LogP contribution in [0.1, 0.15) is 27.2 Å². The summed E-state index contributed by atoms with van der Waals surface area (Å²) in [6, 6.07) is 11.6. The first-order valence-electron chi connectivity index (χ1n) is 11.9. The van der Waals surface area contributed by atoms with Crippen LogP contribution in [0, 0.1) is 5.82 Å². The number of hydrogen-bond acceptors (Lipinski definition) is 7. The van der Waals surface area contributed by atoms with Crippen molar-refractivity contribution in [2.45, 2.75) is 37.6 Å². The molecule has 0 bridgehead atoms. The third-order valence-corrected chi connectivity index (χ3v) is 7.37. The Morgan fingerprint density at radius 3 is 2.61 bits per heavy atom. The van der Waals surface area contributed by atoms with E-state index in [4.69, 9.17) is 16.7 Å². The number of rotatable bonds is 9. The van der Waals surface area contributed by atoms with Crippen LogP contribution in [0.3, 0.4) is 0 Å². The van der Waals surface area contributed by atoms with Gasteiger partial charge in [-0.1, -0.05) is 23.7 Å². The standard InChI is InChI=1S/C26H28ClFN6O3S/c1-26(2,3)34-16-20(24(33-34)17-8-9-21(27)23(35)14-17)22-10-13-30-25(32-22)29-11-5-12-31-38(36,37)19-7-4-6-18(28)15-19/h4,6-10,13-16,31,35H,5,11-12H2,1-3H3,(H,29,30,32). The number of nitrogens with one attached hydrogen (secondary N) is 2. The molecule has 0 unspecified atom stereocenters. The van der Waals surface area contributed by atoms with Crippen molar-refractivity contribution in [3.05, 3.63) is 71.8 Å². The first kappa shape index (κ1) is 27.5. The van der Waals surface area contributed by atoms with Crippen LogP contribution in [0.2, 0.25) is 5.02 Å². The van der Waals surface area contributed by atoms with Gasteiger partial charge < -0.3 is 10.4 Å². The van der Waals surface area contributed by atoms with Crippen molar-refractivity contribution in [1.29, 1.82) is 0 Å². The number of aromatic hydroxyl groups is 1. The Morgan fingerprint density at radius 1 is 1.11 bits per heavy atom. The minimum Gasteiger partial charge on any atom is -0.506 e. The van der Waals surface area contributed by atoms with Gasteiger partial charge >= 0.3 is 0 Å². The molecule has 0 saturated carbocycles. The van der Waals surface area contributed by atoms with Crippen molar-refractivity contribution in [1.82, 2.24) is 24.5 Å². The summed E-state index contributed by atoms with van der Waals surface area (Å²) in [5.74, 6) is -0.293. The van der Waals surface area contributed by atoms with Crippen LogP contribution in [0.25, 0.3) is 22.5 Å². The molecule has 0 aliphatic rings. The fourth-order valence-corrected chi connectivity index (χ4v) is 4.81. The smallest absolute Gasteiger partial charge is 0.240 e. The summed E-state index contributed by atoms with van der Waals surface area (Å²) in [5, 5.41) is 18.3. The second-order valence-corrected chi connectivity index (χ2v) is 11.7. The predicted molar refractivity (Wildman–Crippen MR) is 145 cm³/mol. The third-order valence-electron chi connectivity index (χ3n) is 5.59. The minimum absolute atomic E-state index is 0.0431. The fraction of sp³-hybridized carbons (Fsp3) is 0.269. The van der Waals surface area contributed by atoms with Gasteiger partial charge in [0.1, 0.15) is 17.3 Å². The topological polar surface area (TPSA) is 122 Å². The molecular weight excluding hydrogens is 531 g/mol. The lowest BCUT2D eigenvalue weighted by Crippen LogP contribution is -2.26. The SMILES string of the molecule is CC(C)(C)n1cc(-c2ccnc(NCCCNS(=O)(=O)c3cccc(F)c3)n2)c(-c2ccc(Cl)c(O)c2)n1. The molecule has 38 heavy (non-hydrogen) atoms. The van der Waals surface area contributed by atoms with Gasteiger partial charge in [-0.3, -0.25) is 4.68 Å². The lowest BCUT2D eigenvalue weighted by molar-refractivity contribution is 0.356. The molecule has 3 N–H and O–H groups in total. The molecule has 0 spiro atoms. The van der Waals surface area contributed by atoms with Gasteiger partial charge in [-0.2, -0.15) is 5.10 Å². The summed E-state index contributed by atoms with van der Waals surface area (Å²) in [5.41, 5.74) is 2.38. The van der Waals surface area contributed by atoms with Gasteiger partial charge in [0.25, 0.3) is 0 Å². The number of benzene rings is 2. The van der Waals surface area contributed by atoms with Crippen molar-refractivity contribution in [2.24, 2.45) is 0 Å². The second-order valence-electron chi connectivity index (χ2n) is 9.57. The summed E-state index contributed by atoms with van der Waals surface area (Å²) in [4.78, 5) is 8.77. The zero-order valence-corrected chi connectivity index (χ0v) is 22.7. The largest absolute Gasteiger partial charge is 0.506 e. The van der Waals surface area contributed by atoms with E-state index in [1.165, 1.54) is 18.2 Å². The predicted octanol–water partition coefficient (Wildman–Crippen LogP) is 5.04. The van der Waals surface area contributed by atoms with Crippen molar-refractivity contribution < 1.29 is 17.9 Å². The molecule has 0 fully saturated rings. The number of phenols is 1. The third kappa shape index (κ3) is 6.47. The molecule has 0 aliphatic heterocycles. The summed E-state index contributed by atoms with van der Waals surface area (Å²) >= 11 is 6.00. The molecule has 9 nitrogen and oxygen atoms in total. The summed E-state index contributed by atoms with van der Waals surface area (Å²) < 4.78 is 42.3. The summed E-state index contributed by atoms with van der Waals surface area (Å²) in [6.45, 7) is 6.63. The molecule has 0 amide bonds. The Morgan fingerprint density at radius 2 is 1.89 bits per heavy atom. The molecule has 200 valence electrons. The first-order chi connectivity index (χ1) is 17.9. The number of anilines is 1. The summed E-state index contributed by atoms with van der Waals surface area (Å²) in [6.07, 6.45) is 3.96. The molecule has 0 aliphatic carbocycles. The number of nitrogens with zero attached hydrogens (tertiary/aromatic N) is 4. The lowest BCUT2D eigenvalue weighted by atomic mass is 10.1. The maximum absolute atomic E-state index is 13.4. The van der Waals surface area contributed by atoms with Crippen LogP contribution in [-0.4, -0.2) is 46.4 Å². The average molecular weight is 559 g/mol. The van der Waals surface area contributed by atoms with Crippen molar-refractivity contribution in [2.75, 3.05) is 18.4 Å². The van der Waals surface area contributed by atoms with E-state index in [-0.39, 0.29) is 27.8 Å². The quantitative estimate of drug-likeness (QED) is 0.246. The van der Waals surface area contributed by atoms with Crippen LogP contribution in [-0.2, 0) is 15.6 Å². The van der Waals surface area contributed by atoms with Gasteiger partial charge in [0.05, 0.1) is 21.2 Å². The summed E-state index contributed by atoms with van der Waals surface area (Å²) in [7, 11) is -3.80. The number of aromatic nitrogens is 4. The molecule has 0 saturated heterocycles. The Hall–Kier alpha value is -3.54. The number of phenolic OH excluding ortho intramolecular Hbond substituents is 1. The molecule has 2 aromatic carbocycles. The van der Waals surface area contributed by atoms with Gasteiger partial charge in [-0.15, -0.1) is 0 Å². The van der Waals surface area contributed by atoms with Gasteiger partial charge in [-0.25, -0.2) is 27.5 Å². The zero-order chi connectivity index (χ0) is 27.5. The van der Waals surface area contributed by atoms with Crippen LogP contribution in [0.15, 0.2) is 65.8 Å². The van der Waals surface area contributed by atoms with Gasteiger partial charge in [0, 0.05) is 36.6 Å². The van der Waals surface area contributed by atoms with E-state index in [1.54, 1.807) is 30.5 Å². The molecule has 4 aromatic rings. The second kappa shape index (κ2) is 11.1. The highest BCUT2D eigenvalue weighted by Gasteiger charge is 2.21. The molecule has 4 rings (SSSR count). The fourth-order valence-electron chi connectivity index (χ4n) is 3.58. The molecular formula is C26H28ClFN6O3S. The van der Waals surface area contributed by atoms with E-state index in [0.29, 0.717) is 35.9 Å². The molecule has 0 radical (unpaired) electrons. The van der Waals surface area contributed by atoms with E-state index < -0.39 is 15.8 Å². The van der Waals surface area contributed by atoms with Crippen LogP contribution in [0.4, 0.5) is 10.3 Å². The van der Waals surface area contributed by atoms with Crippen LogP contribution >= 0.6 is 11.6 Å². The van der Waals surface area contributed by atoms with Gasteiger partial charge in [0.2, 0.25) is 16.0 Å². The Bertz CT molecular complexity index is 1550. The molecule has 12 heteroatoms. The lowest BCUT2D eigenvalue weighted by Gasteiger charge is -2.18. The van der Waals surface area contributed by atoms with E-state index in [9.17, 15) is 17.9 Å². The van der Waals surface area contributed by atoms with Crippen molar-refractivity contribution in [3.63, 3.8) is 0 Å².